The first-order chi connectivity index (χ1) is 13.4. The molecule has 0 aliphatic carbocycles. The number of para-hydroxylation sites is 1. The van der Waals surface area contributed by atoms with Crippen LogP contribution >= 0.6 is 24.0 Å². The number of carbonyl (C=O) groups is 3. The minimum Gasteiger partial charge on any atom is -0.479 e. The van der Waals surface area contributed by atoms with Gasteiger partial charge < -0.3 is 10.0 Å². The van der Waals surface area contributed by atoms with E-state index in [1.165, 1.54) is 4.90 Å². The van der Waals surface area contributed by atoms with Crippen LogP contribution in [0, 0.1) is 0 Å². The molecule has 2 aromatic rings. The average Bonchev–Trinajstić information content (AvgIpc) is 3.11. The van der Waals surface area contributed by atoms with E-state index in [0.717, 1.165) is 16.7 Å². The zero-order chi connectivity index (χ0) is 20.0. The zero-order valence-electron chi connectivity index (χ0n) is 14.7. The lowest BCUT2D eigenvalue weighted by Crippen LogP contribution is -2.37. The Bertz CT molecular complexity index is 1060. The summed E-state index contributed by atoms with van der Waals surface area (Å²) in [6.45, 7) is 0. The van der Waals surface area contributed by atoms with E-state index in [1.54, 1.807) is 55.6 Å². The predicted octanol–water partition coefficient (Wildman–Crippen LogP) is 3.06. The number of thioether (sulfide) groups is 1. The highest BCUT2D eigenvalue weighted by atomic mass is 32.2. The molecule has 2 heterocycles. The van der Waals surface area contributed by atoms with Crippen LogP contribution in [0.5, 0.6) is 0 Å². The number of carboxylic acids is 1. The molecule has 0 saturated carbocycles. The van der Waals surface area contributed by atoms with Gasteiger partial charge in [0, 0.05) is 12.6 Å². The van der Waals surface area contributed by atoms with E-state index in [1.807, 2.05) is 6.07 Å². The van der Waals surface area contributed by atoms with Crippen LogP contribution in [0.15, 0.2) is 59.5 Å². The van der Waals surface area contributed by atoms with Crippen LogP contribution in [0.25, 0.3) is 5.57 Å². The second kappa shape index (κ2) is 6.88. The van der Waals surface area contributed by atoms with Crippen molar-refractivity contribution in [2.75, 3.05) is 11.9 Å². The van der Waals surface area contributed by atoms with Crippen LogP contribution in [0.1, 0.15) is 17.2 Å². The minimum absolute atomic E-state index is 0.114. The molecule has 1 saturated heterocycles. The number of amides is 2. The standard InChI is InChI=1S/C20H14N2O4S2/c1-21-13-10-6-5-9-12(13)14(17(21)23)16-18(24)22(20(27)28-16)15(19(25)26)11-7-3-2-4-8-11/h2-10,15H,1H3,(H,25,26)/b16-14-. The molecule has 8 heteroatoms. The number of likely N-dealkylation sites (N-methyl/N-ethyl adjacent to an activating group) is 1. The van der Waals surface area contributed by atoms with Crippen molar-refractivity contribution in [3.63, 3.8) is 0 Å². The maximum atomic E-state index is 13.2. The van der Waals surface area contributed by atoms with Gasteiger partial charge >= 0.3 is 5.97 Å². The number of carboxylic acid groups (broad SMARTS) is 1. The fourth-order valence-electron chi connectivity index (χ4n) is 3.38. The molecule has 1 unspecified atom stereocenters. The van der Waals surface area contributed by atoms with Crippen LogP contribution in [0.4, 0.5) is 5.69 Å². The summed E-state index contributed by atoms with van der Waals surface area (Å²) in [5.41, 5.74) is 2.04. The summed E-state index contributed by atoms with van der Waals surface area (Å²) in [6, 6.07) is 14.3. The van der Waals surface area contributed by atoms with Crippen molar-refractivity contribution in [1.29, 1.82) is 0 Å². The Labute approximate surface area is 170 Å². The molecule has 28 heavy (non-hydrogen) atoms. The zero-order valence-corrected chi connectivity index (χ0v) is 16.3. The highest BCUT2D eigenvalue weighted by molar-refractivity contribution is 8.26. The molecule has 140 valence electrons. The molecule has 2 aliphatic heterocycles. The van der Waals surface area contributed by atoms with Crippen LogP contribution in [0.2, 0.25) is 0 Å². The Morgan fingerprint density at radius 1 is 1.04 bits per heavy atom. The normalized spacial score (nSPS) is 20.0. The number of aliphatic carboxylic acids is 1. The van der Waals surface area contributed by atoms with Gasteiger partial charge in [-0.25, -0.2) is 4.79 Å². The number of rotatable bonds is 3. The molecular formula is C20H14N2O4S2. The maximum absolute atomic E-state index is 13.2. The smallest absolute Gasteiger partial charge is 0.331 e. The lowest BCUT2D eigenvalue weighted by Gasteiger charge is -2.23. The molecule has 1 N–H and O–H groups in total. The SMILES string of the molecule is CN1C(=O)/C(=C2\SC(=S)N(C(C(=O)O)c3ccccc3)C2=O)c2ccccc21. The van der Waals surface area contributed by atoms with Gasteiger partial charge in [-0.3, -0.25) is 14.5 Å². The number of nitrogens with zero attached hydrogens (tertiary/aromatic N) is 2. The maximum Gasteiger partial charge on any atom is 0.331 e. The van der Waals surface area contributed by atoms with Crippen molar-refractivity contribution in [3.8, 4) is 0 Å². The number of carbonyl (C=O) groups excluding carboxylic acids is 2. The van der Waals surface area contributed by atoms with Crippen molar-refractivity contribution in [1.82, 2.24) is 4.90 Å². The number of thiocarbonyl (C=S) groups is 1. The van der Waals surface area contributed by atoms with Gasteiger partial charge in [0.25, 0.3) is 11.8 Å². The van der Waals surface area contributed by atoms with E-state index >= 15 is 0 Å². The number of fused-ring (bicyclic) bond motifs is 1. The molecule has 1 fully saturated rings. The molecule has 0 spiro atoms. The third-order valence-electron chi connectivity index (χ3n) is 4.69. The number of hydrogen-bond acceptors (Lipinski definition) is 5. The van der Waals surface area contributed by atoms with Crippen LogP contribution < -0.4 is 4.90 Å². The van der Waals surface area contributed by atoms with Gasteiger partial charge in [0.05, 0.1) is 16.2 Å². The highest BCUT2D eigenvalue weighted by Crippen LogP contribution is 2.45. The summed E-state index contributed by atoms with van der Waals surface area (Å²) >= 11 is 6.30. The van der Waals surface area contributed by atoms with Gasteiger partial charge in [-0.1, -0.05) is 72.5 Å². The monoisotopic (exact) mass is 410 g/mol. The van der Waals surface area contributed by atoms with Gasteiger partial charge in [-0.15, -0.1) is 0 Å². The van der Waals surface area contributed by atoms with Gasteiger partial charge in [0.2, 0.25) is 0 Å². The quantitative estimate of drug-likeness (QED) is 0.619. The summed E-state index contributed by atoms with van der Waals surface area (Å²) in [7, 11) is 1.64. The second-order valence-corrected chi connectivity index (χ2v) is 7.92. The van der Waals surface area contributed by atoms with Crippen molar-refractivity contribution >= 4 is 57.3 Å². The Morgan fingerprint density at radius 2 is 1.68 bits per heavy atom. The Morgan fingerprint density at radius 3 is 2.36 bits per heavy atom. The summed E-state index contributed by atoms with van der Waals surface area (Å²) in [5, 5.41) is 9.77. The van der Waals surface area contributed by atoms with Crippen molar-refractivity contribution in [3.05, 3.63) is 70.6 Å². The highest BCUT2D eigenvalue weighted by Gasteiger charge is 2.45. The van der Waals surface area contributed by atoms with E-state index in [0.29, 0.717) is 16.8 Å². The molecule has 0 aromatic heterocycles. The first-order valence-electron chi connectivity index (χ1n) is 8.36. The molecule has 1 atom stereocenters. The molecule has 6 nitrogen and oxygen atoms in total. The van der Waals surface area contributed by atoms with Crippen molar-refractivity contribution < 1.29 is 19.5 Å². The van der Waals surface area contributed by atoms with Gasteiger partial charge in [0.15, 0.2) is 6.04 Å². The topological polar surface area (TPSA) is 77.9 Å². The third kappa shape index (κ3) is 2.73. The number of benzene rings is 2. The Hall–Kier alpha value is -2.97. The van der Waals surface area contributed by atoms with Crippen LogP contribution in [0.3, 0.4) is 0 Å². The minimum atomic E-state index is -1.25. The lowest BCUT2D eigenvalue weighted by molar-refractivity contribution is -0.145. The van der Waals surface area contributed by atoms with E-state index < -0.39 is 17.9 Å². The Kier molecular flexibility index (Phi) is 4.52. The molecule has 2 amide bonds. The second-order valence-electron chi connectivity index (χ2n) is 6.28. The molecular weight excluding hydrogens is 396 g/mol. The fourth-order valence-corrected chi connectivity index (χ4v) is 4.76. The molecule has 0 bridgehead atoms. The summed E-state index contributed by atoms with van der Waals surface area (Å²) in [4.78, 5) is 40.7. The van der Waals surface area contributed by atoms with E-state index in [4.69, 9.17) is 12.2 Å². The third-order valence-corrected chi connectivity index (χ3v) is 6.09. The molecule has 2 aliphatic rings. The lowest BCUT2D eigenvalue weighted by atomic mass is 10.0. The van der Waals surface area contributed by atoms with E-state index in [2.05, 4.69) is 0 Å². The van der Waals surface area contributed by atoms with E-state index in [-0.39, 0.29) is 20.7 Å². The summed E-state index contributed by atoms with van der Waals surface area (Å²) < 4.78 is 0.114. The van der Waals surface area contributed by atoms with Crippen LogP contribution in [-0.2, 0) is 14.4 Å². The van der Waals surface area contributed by atoms with Crippen LogP contribution in [-0.4, -0.2) is 39.2 Å². The molecule has 4 rings (SSSR count). The van der Waals surface area contributed by atoms with Gasteiger partial charge in [-0.2, -0.15) is 0 Å². The van der Waals surface area contributed by atoms with Crippen molar-refractivity contribution in [2.45, 2.75) is 6.04 Å². The summed E-state index contributed by atoms with van der Waals surface area (Å²) in [5.74, 6) is -2.07. The van der Waals surface area contributed by atoms with E-state index in [9.17, 15) is 19.5 Å². The largest absolute Gasteiger partial charge is 0.479 e. The molecule has 2 aromatic carbocycles. The number of hydrogen-bond donors (Lipinski definition) is 1. The average molecular weight is 410 g/mol. The van der Waals surface area contributed by atoms with Crippen molar-refractivity contribution in [2.24, 2.45) is 0 Å². The predicted molar refractivity (Wildman–Crippen MR) is 111 cm³/mol. The fraction of sp³-hybridized carbons (Fsp3) is 0.100. The summed E-state index contributed by atoms with van der Waals surface area (Å²) in [6.07, 6.45) is 0. The molecule has 0 radical (unpaired) electrons. The number of anilines is 1. The van der Waals surface area contributed by atoms with Gasteiger partial charge in [0.1, 0.15) is 4.32 Å². The Balaban J connectivity index is 1.83. The van der Waals surface area contributed by atoms with Gasteiger partial charge in [-0.05, 0) is 11.6 Å². The first-order valence-corrected chi connectivity index (χ1v) is 9.59. The first kappa shape index (κ1) is 18.4.